The molecule has 0 fully saturated rings. The molecule has 2 N–H and O–H groups in total. The van der Waals surface area contributed by atoms with Crippen LogP contribution in [-0.4, -0.2) is 19.0 Å². The predicted molar refractivity (Wildman–Crippen MR) is 61.5 cm³/mol. The zero-order valence-electron chi connectivity index (χ0n) is 9.59. The van der Waals surface area contributed by atoms with Gasteiger partial charge in [0.05, 0.1) is 0 Å². The van der Waals surface area contributed by atoms with Crippen LogP contribution >= 0.6 is 0 Å². The van der Waals surface area contributed by atoms with Gasteiger partial charge in [-0.05, 0) is 13.0 Å². The van der Waals surface area contributed by atoms with Crippen molar-refractivity contribution in [2.75, 3.05) is 13.1 Å². The van der Waals surface area contributed by atoms with Crippen LogP contribution in [-0.2, 0) is 4.79 Å². The quantitative estimate of drug-likeness (QED) is 0.746. The van der Waals surface area contributed by atoms with Crippen LogP contribution in [0.4, 0.5) is 4.39 Å². The lowest BCUT2D eigenvalue weighted by Crippen LogP contribution is -2.31. The highest BCUT2D eigenvalue weighted by Gasteiger charge is 2.08. The van der Waals surface area contributed by atoms with Crippen LogP contribution in [0.15, 0.2) is 24.3 Å². The number of benzene rings is 1. The number of carbonyl (C=O) groups excluding carboxylic acids is 1. The average molecular weight is 224 g/mol. The highest BCUT2D eigenvalue weighted by atomic mass is 19.1. The first-order chi connectivity index (χ1) is 7.61. The second-order valence-corrected chi connectivity index (χ2v) is 3.68. The number of hydrogen-bond donors (Lipinski definition) is 2. The molecule has 0 spiro atoms. The Hall–Kier alpha value is -1.42. The Morgan fingerprint density at radius 1 is 1.38 bits per heavy atom. The number of halogens is 1. The molecule has 1 aromatic rings. The minimum atomic E-state index is -0.206. The summed E-state index contributed by atoms with van der Waals surface area (Å²) in [5.74, 6) is -0.262. The van der Waals surface area contributed by atoms with Gasteiger partial charge in [0.15, 0.2) is 0 Å². The first-order valence-electron chi connectivity index (χ1n) is 5.33. The van der Waals surface area contributed by atoms with Crippen LogP contribution in [0.2, 0.25) is 0 Å². The lowest BCUT2D eigenvalue weighted by Gasteiger charge is -2.14. The minimum Gasteiger partial charge on any atom is -0.355 e. The van der Waals surface area contributed by atoms with Crippen molar-refractivity contribution >= 4 is 5.91 Å². The summed E-state index contributed by atoms with van der Waals surface area (Å²) in [6, 6.07) is 6.62. The van der Waals surface area contributed by atoms with Gasteiger partial charge < -0.3 is 10.6 Å². The van der Waals surface area contributed by atoms with Gasteiger partial charge in [-0.3, -0.25) is 4.79 Å². The highest BCUT2D eigenvalue weighted by Crippen LogP contribution is 2.15. The smallest absolute Gasteiger partial charge is 0.216 e. The predicted octanol–water partition coefficient (Wildman–Crippen LogP) is 1.61. The minimum absolute atomic E-state index is 0.0552. The van der Waals surface area contributed by atoms with Crippen LogP contribution in [0.1, 0.15) is 25.5 Å². The molecule has 0 aliphatic heterocycles. The lowest BCUT2D eigenvalue weighted by atomic mass is 10.1. The van der Waals surface area contributed by atoms with E-state index in [-0.39, 0.29) is 17.8 Å². The molecule has 3 nitrogen and oxygen atoms in total. The molecule has 88 valence electrons. The second kappa shape index (κ2) is 6.23. The van der Waals surface area contributed by atoms with Gasteiger partial charge >= 0.3 is 0 Å². The van der Waals surface area contributed by atoms with Crippen molar-refractivity contribution < 1.29 is 9.18 Å². The molecule has 0 saturated heterocycles. The fraction of sp³-hybridized carbons (Fsp3) is 0.417. The van der Waals surface area contributed by atoms with Gasteiger partial charge in [-0.15, -0.1) is 0 Å². The van der Waals surface area contributed by atoms with Crippen molar-refractivity contribution in [2.24, 2.45) is 0 Å². The molecular formula is C12H17FN2O. The number of nitrogens with one attached hydrogen (secondary N) is 2. The van der Waals surface area contributed by atoms with E-state index < -0.39 is 0 Å². The number of amides is 1. The molecule has 16 heavy (non-hydrogen) atoms. The molecule has 4 heteroatoms. The summed E-state index contributed by atoms with van der Waals surface area (Å²) in [4.78, 5) is 10.6. The number of rotatable bonds is 5. The molecule has 0 aliphatic carbocycles. The second-order valence-electron chi connectivity index (χ2n) is 3.68. The number of hydrogen-bond acceptors (Lipinski definition) is 2. The van der Waals surface area contributed by atoms with Crippen molar-refractivity contribution in [3.05, 3.63) is 35.6 Å². The largest absolute Gasteiger partial charge is 0.355 e. The standard InChI is InChI=1S/C12H17FN2O/c1-9(14-7-8-15-10(2)16)11-5-3-4-6-12(11)13/h3-6,9,14H,7-8H2,1-2H3,(H,15,16). The Balaban J connectivity index is 2.38. The Morgan fingerprint density at radius 2 is 2.06 bits per heavy atom. The van der Waals surface area contributed by atoms with E-state index >= 15 is 0 Å². The summed E-state index contributed by atoms with van der Waals surface area (Å²) >= 11 is 0. The van der Waals surface area contributed by atoms with E-state index in [0.29, 0.717) is 18.7 Å². The van der Waals surface area contributed by atoms with Gasteiger partial charge in [-0.2, -0.15) is 0 Å². The maximum atomic E-state index is 13.4. The van der Waals surface area contributed by atoms with E-state index in [0.717, 1.165) is 0 Å². The molecule has 1 amide bonds. The van der Waals surface area contributed by atoms with Gasteiger partial charge in [0, 0.05) is 31.6 Å². The summed E-state index contributed by atoms with van der Waals surface area (Å²) in [6.07, 6.45) is 0. The van der Waals surface area contributed by atoms with Crippen molar-refractivity contribution in [1.29, 1.82) is 0 Å². The van der Waals surface area contributed by atoms with Crippen molar-refractivity contribution in [3.63, 3.8) is 0 Å². The van der Waals surface area contributed by atoms with Gasteiger partial charge in [-0.1, -0.05) is 18.2 Å². The van der Waals surface area contributed by atoms with Gasteiger partial charge in [0.1, 0.15) is 5.82 Å². The van der Waals surface area contributed by atoms with E-state index in [2.05, 4.69) is 10.6 Å². The fourth-order valence-corrected chi connectivity index (χ4v) is 1.46. The molecule has 0 saturated carbocycles. The molecule has 1 rings (SSSR count). The molecule has 0 radical (unpaired) electrons. The molecule has 1 aromatic carbocycles. The third-order valence-corrected chi connectivity index (χ3v) is 2.32. The van der Waals surface area contributed by atoms with Crippen molar-refractivity contribution in [2.45, 2.75) is 19.9 Å². The molecule has 1 atom stereocenters. The zero-order valence-corrected chi connectivity index (χ0v) is 9.59. The molecule has 0 aliphatic rings. The Morgan fingerprint density at radius 3 is 2.69 bits per heavy atom. The fourth-order valence-electron chi connectivity index (χ4n) is 1.46. The van der Waals surface area contributed by atoms with E-state index in [1.165, 1.54) is 13.0 Å². The van der Waals surface area contributed by atoms with Crippen LogP contribution in [0.5, 0.6) is 0 Å². The van der Waals surface area contributed by atoms with Gasteiger partial charge in [0.2, 0.25) is 5.91 Å². The summed E-state index contributed by atoms with van der Waals surface area (Å²) in [7, 11) is 0. The van der Waals surface area contributed by atoms with E-state index in [4.69, 9.17) is 0 Å². The maximum absolute atomic E-state index is 13.4. The Labute approximate surface area is 95.0 Å². The normalized spacial score (nSPS) is 12.2. The molecule has 0 heterocycles. The van der Waals surface area contributed by atoms with Crippen molar-refractivity contribution in [1.82, 2.24) is 10.6 Å². The molecule has 0 bridgehead atoms. The Bertz CT molecular complexity index is 355. The third kappa shape index (κ3) is 3.98. The number of carbonyl (C=O) groups is 1. The van der Waals surface area contributed by atoms with Gasteiger partial charge in [-0.25, -0.2) is 4.39 Å². The van der Waals surface area contributed by atoms with E-state index in [9.17, 15) is 9.18 Å². The summed E-state index contributed by atoms with van der Waals surface area (Å²) < 4.78 is 13.4. The summed E-state index contributed by atoms with van der Waals surface area (Å²) in [6.45, 7) is 4.54. The molecular weight excluding hydrogens is 207 g/mol. The van der Waals surface area contributed by atoms with Crippen molar-refractivity contribution in [3.8, 4) is 0 Å². The first kappa shape index (κ1) is 12.6. The highest BCUT2D eigenvalue weighted by molar-refractivity contribution is 5.72. The SMILES string of the molecule is CC(=O)NCCNC(C)c1ccccc1F. The topological polar surface area (TPSA) is 41.1 Å². The maximum Gasteiger partial charge on any atom is 0.216 e. The summed E-state index contributed by atoms with van der Waals surface area (Å²) in [5.41, 5.74) is 0.644. The van der Waals surface area contributed by atoms with Crippen LogP contribution in [0, 0.1) is 5.82 Å². The van der Waals surface area contributed by atoms with Crippen LogP contribution in [0.3, 0.4) is 0 Å². The third-order valence-electron chi connectivity index (χ3n) is 2.32. The summed E-state index contributed by atoms with van der Waals surface area (Å²) in [5, 5.41) is 5.81. The van der Waals surface area contributed by atoms with E-state index in [1.807, 2.05) is 13.0 Å². The van der Waals surface area contributed by atoms with Crippen LogP contribution in [0.25, 0.3) is 0 Å². The Kier molecular flexibility index (Phi) is 4.92. The van der Waals surface area contributed by atoms with E-state index in [1.54, 1.807) is 12.1 Å². The monoisotopic (exact) mass is 224 g/mol. The lowest BCUT2D eigenvalue weighted by molar-refractivity contribution is -0.118. The molecule has 1 unspecified atom stereocenters. The first-order valence-corrected chi connectivity index (χ1v) is 5.33. The van der Waals surface area contributed by atoms with Gasteiger partial charge in [0.25, 0.3) is 0 Å². The van der Waals surface area contributed by atoms with Crippen LogP contribution < -0.4 is 10.6 Å². The average Bonchev–Trinajstić information content (AvgIpc) is 2.24. The molecule has 0 aromatic heterocycles. The zero-order chi connectivity index (χ0) is 12.0.